The van der Waals surface area contributed by atoms with Gasteiger partial charge >= 0.3 is 11.9 Å². The lowest BCUT2D eigenvalue weighted by Gasteiger charge is -1.96. The van der Waals surface area contributed by atoms with Crippen LogP contribution in [0.3, 0.4) is 0 Å². The first-order valence-corrected chi connectivity index (χ1v) is 6.13. The van der Waals surface area contributed by atoms with Crippen molar-refractivity contribution < 1.29 is 19.1 Å². The van der Waals surface area contributed by atoms with Gasteiger partial charge in [-0.3, -0.25) is 9.59 Å². The zero-order valence-corrected chi connectivity index (χ0v) is 10.3. The van der Waals surface area contributed by atoms with Crippen molar-refractivity contribution in [2.75, 3.05) is 13.2 Å². The van der Waals surface area contributed by atoms with Gasteiger partial charge in [-0.15, -0.1) is 6.58 Å². The van der Waals surface area contributed by atoms with Gasteiger partial charge in [0.25, 0.3) is 0 Å². The fraction of sp³-hybridized carbons (Fsp3) is 0.692. The quantitative estimate of drug-likeness (QED) is 0.560. The number of ether oxygens (including phenoxy) is 2. The lowest BCUT2D eigenvalue weighted by molar-refractivity contribution is -0.142. The average Bonchev–Trinajstić information content (AvgIpc) is 2.90. The summed E-state index contributed by atoms with van der Waals surface area (Å²) in [7, 11) is 0. The number of hydrogen-bond donors (Lipinski definition) is 0. The maximum atomic E-state index is 10.7. The number of hydrogen-bond acceptors (Lipinski definition) is 4. The van der Waals surface area contributed by atoms with Crippen molar-refractivity contribution in [1.82, 2.24) is 0 Å². The number of cyclic esters (lactones) is 2. The van der Waals surface area contributed by atoms with Crippen molar-refractivity contribution >= 4 is 11.9 Å². The second-order valence-electron chi connectivity index (χ2n) is 4.24. The standard InChI is InChI=1S/C7H10O2.C6H10O2/c1-2-3-6-4-5-9-7(6)8;1-2-5-3-4-8-6(5)7/h2,6H,1,3-5H2;5H,2-4H2,1H3. The predicted octanol–water partition coefficient (Wildman–Crippen LogP) is 2.09. The van der Waals surface area contributed by atoms with Crippen LogP contribution in [-0.4, -0.2) is 25.2 Å². The smallest absolute Gasteiger partial charge is 0.309 e. The number of allylic oxidation sites excluding steroid dienone is 1. The minimum absolute atomic E-state index is 0.00694. The fourth-order valence-electron chi connectivity index (χ4n) is 1.86. The first kappa shape index (κ1) is 13.7. The molecule has 0 aliphatic carbocycles. The van der Waals surface area contributed by atoms with Gasteiger partial charge in [-0.25, -0.2) is 0 Å². The molecule has 0 aromatic carbocycles. The van der Waals surface area contributed by atoms with Crippen LogP contribution in [0.1, 0.15) is 32.6 Å². The summed E-state index contributed by atoms with van der Waals surface area (Å²) in [5.41, 5.74) is 0. The van der Waals surface area contributed by atoms with Crippen molar-refractivity contribution in [3.8, 4) is 0 Å². The maximum absolute atomic E-state index is 10.7. The molecular formula is C13H20O4. The highest BCUT2D eigenvalue weighted by Crippen LogP contribution is 2.17. The van der Waals surface area contributed by atoms with E-state index in [4.69, 9.17) is 9.47 Å². The highest BCUT2D eigenvalue weighted by Gasteiger charge is 2.24. The summed E-state index contributed by atoms with van der Waals surface area (Å²) < 4.78 is 9.45. The normalized spacial score (nSPS) is 26.9. The number of rotatable bonds is 3. The summed E-state index contributed by atoms with van der Waals surface area (Å²) in [5, 5.41) is 0. The molecule has 2 saturated heterocycles. The summed E-state index contributed by atoms with van der Waals surface area (Å²) in [4.78, 5) is 21.3. The lowest BCUT2D eigenvalue weighted by Crippen LogP contribution is -2.05. The highest BCUT2D eigenvalue weighted by atomic mass is 16.5. The van der Waals surface area contributed by atoms with Gasteiger partial charge in [0.05, 0.1) is 25.0 Å². The Morgan fingerprint density at radius 1 is 1.18 bits per heavy atom. The molecule has 0 saturated carbocycles. The van der Waals surface area contributed by atoms with Gasteiger partial charge < -0.3 is 9.47 Å². The Balaban J connectivity index is 0.000000171. The van der Waals surface area contributed by atoms with Crippen LogP contribution >= 0.6 is 0 Å². The van der Waals surface area contributed by atoms with Crippen molar-refractivity contribution in [3.63, 3.8) is 0 Å². The minimum Gasteiger partial charge on any atom is -0.465 e. The summed E-state index contributed by atoms with van der Waals surface area (Å²) in [6.07, 6.45) is 5.25. The Morgan fingerprint density at radius 3 is 2.00 bits per heavy atom. The van der Waals surface area contributed by atoms with Gasteiger partial charge in [0, 0.05) is 0 Å². The molecule has 4 nitrogen and oxygen atoms in total. The van der Waals surface area contributed by atoms with Gasteiger partial charge in [-0.2, -0.15) is 0 Å². The molecule has 0 bridgehead atoms. The molecule has 0 aromatic rings. The van der Waals surface area contributed by atoms with E-state index in [1.54, 1.807) is 6.08 Å². The molecule has 0 spiro atoms. The SMILES string of the molecule is C=CCC1CCOC1=O.CCC1CCOC1=O. The van der Waals surface area contributed by atoms with E-state index in [1.165, 1.54) is 0 Å². The van der Waals surface area contributed by atoms with Crippen LogP contribution in [0.25, 0.3) is 0 Å². The summed E-state index contributed by atoms with van der Waals surface area (Å²) >= 11 is 0. The maximum Gasteiger partial charge on any atom is 0.309 e. The van der Waals surface area contributed by atoms with Crippen molar-refractivity contribution in [2.24, 2.45) is 11.8 Å². The molecule has 2 aliphatic rings. The van der Waals surface area contributed by atoms with E-state index in [9.17, 15) is 9.59 Å². The second kappa shape index (κ2) is 7.09. The third kappa shape index (κ3) is 4.21. The van der Waals surface area contributed by atoms with Gasteiger partial charge in [-0.05, 0) is 25.7 Å². The van der Waals surface area contributed by atoms with Crippen molar-refractivity contribution in [2.45, 2.75) is 32.6 Å². The van der Waals surface area contributed by atoms with Crippen LogP contribution in [0.2, 0.25) is 0 Å². The largest absolute Gasteiger partial charge is 0.465 e. The fourth-order valence-corrected chi connectivity index (χ4v) is 1.86. The van der Waals surface area contributed by atoms with Gasteiger partial charge in [0.15, 0.2) is 0 Å². The molecule has 96 valence electrons. The molecule has 2 atom stereocenters. The summed E-state index contributed by atoms with van der Waals surface area (Å²) in [5.74, 6) is 0.236. The molecule has 2 unspecified atom stereocenters. The molecule has 2 rings (SSSR count). The monoisotopic (exact) mass is 240 g/mol. The Hall–Kier alpha value is -1.32. The van der Waals surface area contributed by atoms with E-state index < -0.39 is 0 Å². The third-order valence-electron chi connectivity index (χ3n) is 3.03. The molecule has 0 amide bonds. The number of esters is 2. The minimum atomic E-state index is -0.0603. The molecule has 2 fully saturated rings. The number of carbonyl (C=O) groups excluding carboxylic acids is 2. The average molecular weight is 240 g/mol. The van der Waals surface area contributed by atoms with Crippen LogP contribution in [0, 0.1) is 11.8 Å². The van der Waals surface area contributed by atoms with E-state index >= 15 is 0 Å². The predicted molar refractivity (Wildman–Crippen MR) is 63.2 cm³/mol. The van der Waals surface area contributed by atoms with E-state index in [1.807, 2.05) is 6.92 Å². The molecule has 4 heteroatoms. The van der Waals surface area contributed by atoms with Crippen LogP contribution < -0.4 is 0 Å². The Morgan fingerprint density at radius 2 is 1.71 bits per heavy atom. The Kier molecular flexibility index (Phi) is 5.73. The summed E-state index contributed by atoms with van der Waals surface area (Å²) in [6.45, 7) is 6.79. The molecule has 2 heterocycles. The van der Waals surface area contributed by atoms with Gasteiger partial charge in [0.1, 0.15) is 0 Å². The lowest BCUT2D eigenvalue weighted by atomic mass is 10.1. The van der Waals surface area contributed by atoms with E-state index in [-0.39, 0.29) is 23.8 Å². The third-order valence-corrected chi connectivity index (χ3v) is 3.03. The van der Waals surface area contributed by atoms with Crippen molar-refractivity contribution in [3.05, 3.63) is 12.7 Å². The van der Waals surface area contributed by atoms with Gasteiger partial charge in [0.2, 0.25) is 0 Å². The number of carbonyl (C=O) groups is 2. The zero-order valence-electron chi connectivity index (χ0n) is 10.3. The van der Waals surface area contributed by atoms with Gasteiger partial charge in [-0.1, -0.05) is 13.0 Å². The first-order chi connectivity index (χ1) is 8.19. The highest BCUT2D eigenvalue weighted by molar-refractivity contribution is 5.74. The topological polar surface area (TPSA) is 52.6 Å². The van der Waals surface area contributed by atoms with Crippen LogP contribution in [0.5, 0.6) is 0 Å². The summed E-state index contributed by atoms with van der Waals surface area (Å²) in [6, 6.07) is 0. The van der Waals surface area contributed by atoms with E-state index in [2.05, 4.69) is 6.58 Å². The second-order valence-corrected chi connectivity index (χ2v) is 4.24. The van der Waals surface area contributed by atoms with E-state index in [0.717, 1.165) is 25.7 Å². The first-order valence-electron chi connectivity index (χ1n) is 6.13. The Labute approximate surface area is 102 Å². The molecule has 2 aliphatic heterocycles. The molecule has 17 heavy (non-hydrogen) atoms. The van der Waals surface area contributed by atoms with Crippen LogP contribution in [0.15, 0.2) is 12.7 Å². The van der Waals surface area contributed by atoms with Crippen LogP contribution in [0.4, 0.5) is 0 Å². The van der Waals surface area contributed by atoms with Crippen molar-refractivity contribution in [1.29, 1.82) is 0 Å². The molecule has 0 aromatic heterocycles. The van der Waals surface area contributed by atoms with Crippen LogP contribution in [-0.2, 0) is 19.1 Å². The molecule has 0 radical (unpaired) electrons. The van der Waals surface area contributed by atoms with E-state index in [0.29, 0.717) is 13.2 Å². The molecular weight excluding hydrogens is 220 g/mol. The molecule has 0 N–H and O–H groups in total. The zero-order chi connectivity index (χ0) is 12.7. The Bertz CT molecular complexity index is 285.